The van der Waals surface area contributed by atoms with Crippen LogP contribution < -0.4 is 0 Å². The fourth-order valence-corrected chi connectivity index (χ4v) is 2.01. The molecule has 0 atom stereocenters. The molecule has 2 aromatic carbocycles. The lowest BCUT2D eigenvalue weighted by Gasteiger charge is -1.92. The molecule has 0 radical (unpaired) electrons. The SMILES string of the molecule is O=[N+]([O-])c1cccc2c1[nH]c1ccccc12. The highest BCUT2D eigenvalue weighted by Gasteiger charge is 2.14. The lowest BCUT2D eigenvalue weighted by atomic mass is 10.1. The van der Waals surface area contributed by atoms with Crippen molar-refractivity contribution in [3.63, 3.8) is 0 Å². The highest BCUT2D eigenvalue weighted by Crippen LogP contribution is 2.30. The standard InChI is InChI=1S/C12H8N2O2/c15-14(16)11-7-3-5-9-8-4-1-2-6-10(8)13-12(9)11/h1-7,13H. The highest BCUT2D eigenvalue weighted by atomic mass is 16.6. The summed E-state index contributed by atoms with van der Waals surface area (Å²) in [5.41, 5.74) is 1.63. The molecule has 1 aromatic heterocycles. The van der Waals surface area contributed by atoms with Crippen LogP contribution in [0.25, 0.3) is 21.8 Å². The zero-order valence-corrected chi connectivity index (χ0v) is 8.31. The summed E-state index contributed by atoms with van der Waals surface area (Å²) >= 11 is 0. The van der Waals surface area contributed by atoms with Crippen LogP contribution in [0.4, 0.5) is 5.69 Å². The zero-order chi connectivity index (χ0) is 11.1. The van der Waals surface area contributed by atoms with Gasteiger partial charge in [-0.05, 0) is 6.07 Å². The molecule has 16 heavy (non-hydrogen) atoms. The second kappa shape index (κ2) is 3.06. The first-order valence-corrected chi connectivity index (χ1v) is 4.91. The van der Waals surface area contributed by atoms with E-state index in [2.05, 4.69) is 4.98 Å². The first kappa shape index (κ1) is 8.91. The molecule has 4 heteroatoms. The minimum Gasteiger partial charge on any atom is -0.349 e. The molecule has 1 N–H and O–H groups in total. The number of para-hydroxylation sites is 2. The molecule has 0 bridgehead atoms. The Morgan fingerprint density at radius 1 is 1.00 bits per heavy atom. The number of nitrogens with zero attached hydrogens (tertiary/aromatic N) is 1. The number of fused-ring (bicyclic) bond motifs is 3. The molecule has 3 aromatic rings. The molecule has 0 amide bonds. The number of hydrogen-bond acceptors (Lipinski definition) is 2. The van der Waals surface area contributed by atoms with Gasteiger partial charge in [0.15, 0.2) is 0 Å². The van der Waals surface area contributed by atoms with Crippen LogP contribution in [0.15, 0.2) is 42.5 Å². The van der Waals surface area contributed by atoms with E-state index in [1.54, 1.807) is 6.07 Å². The molecule has 0 saturated heterocycles. The Hall–Kier alpha value is -2.36. The number of nitro benzene ring substituents is 1. The number of nitrogens with one attached hydrogen (secondary N) is 1. The first-order valence-electron chi connectivity index (χ1n) is 4.91. The van der Waals surface area contributed by atoms with E-state index in [-0.39, 0.29) is 10.6 Å². The van der Waals surface area contributed by atoms with Gasteiger partial charge in [0.05, 0.1) is 4.92 Å². The van der Waals surface area contributed by atoms with E-state index in [9.17, 15) is 10.1 Å². The summed E-state index contributed by atoms with van der Waals surface area (Å²) in [7, 11) is 0. The quantitative estimate of drug-likeness (QED) is 0.497. The van der Waals surface area contributed by atoms with E-state index in [0.717, 1.165) is 16.3 Å². The van der Waals surface area contributed by atoms with Crippen molar-refractivity contribution in [2.24, 2.45) is 0 Å². The zero-order valence-electron chi connectivity index (χ0n) is 8.31. The van der Waals surface area contributed by atoms with Crippen LogP contribution in [-0.2, 0) is 0 Å². The molecule has 0 aliphatic heterocycles. The predicted molar refractivity (Wildman–Crippen MR) is 62.5 cm³/mol. The molecule has 0 aliphatic carbocycles. The van der Waals surface area contributed by atoms with E-state index in [4.69, 9.17) is 0 Å². The van der Waals surface area contributed by atoms with Crippen LogP contribution in [0.5, 0.6) is 0 Å². The maximum atomic E-state index is 10.9. The van der Waals surface area contributed by atoms with Crippen molar-refractivity contribution < 1.29 is 4.92 Å². The lowest BCUT2D eigenvalue weighted by Crippen LogP contribution is -1.88. The Morgan fingerprint density at radius 2 is 1.75 bits per heavy atom. The maximum absolute atomic E-state index is 10.9. The van der Waals surface area contributed by atoms with Gasteiger partial charge in [-0.1, -0.05) is 30.3 Å². The van der Waals surface area contributed by atoms with Crippen LogP contribution in [-0.4, -0.2) is 9.91 Å². The topological polar surface area (TPSA) is 58.9 Å². The number of hydrogen-bond donors (Lipinski definition) is 1. The monoisotopic (exact) mass is 212 g/mol. The largest absolute Gasteiger partial charge is 0.349 e. The van der Waals surface area contributed by atoms with Crippen molar-refractivity contribution in [2.45, 2.75) is 0 Å². The third kappa shape index (κ3) is 1.10. The summed E-state index contributed by atoms with van der Waals surface area (Å²) in [5, 5.41) is 12.8. The van der Waals surface area contributed by atoms with Crippen molar-refractivity contribution in [2.75, 3.05) is 0 Å². The van der Waals surface area contributed by atoms with E-state index >= 15 is 0 Å². The molecule has 3 rings (SSSR count). The van der Waals surface area contributed by atoms with Gasteiger partial charge in [0.2, 0.25) is 0 Å². The molecule has 0 aliphatic rings. The second-order valence-corrected chi connectivity index (χ2v) is 3.63. The van der Waals surface area contributed by atoms with Gasteiger partial charge >= 0.3 is 0 Å². The Morgan fingerprint density at radius 3 is 2.56 bits per heavy atom. The first-order chi connectivity index (χ1) is 7.77. The Balaban J connectivity index is 2.54. The summed E-state index contributed by atoms with van der Waals surface area (Å²) in [6, 6.07) is 12.8. The molecule has 0 saturated carbocycles. The normalized spacial score (nSPS) is 11.0. The highest BCUT2D eigenvalue weighted by molar-refractivity contribution is 6.09. The minimum absolute atomic E-state index is 0.119. The number of benzene rings is 2. The van der Waals surface area contributed by atoms with Crippen LogP contribution in [0.3, 0.4) is 0 Å². The number of aromatic nitrogens is 1. The van der Waals surface area contributed by atoms with Gasteiger partial charge in [-0.3, -0.25) is 10.1 Å². The predicted octanol–water partition coefficient (Wildman–Crippen LogP) is 3.23. The third-order valence-corrected chi connectivity index (χ3v) is 2.72. The summed E-state index contributed by atoms with van der Waals surface area (Å²) in [4.78, 5) is 13.6. The minimum atomic E-state index is -0.363. The second-order valence-electron chi connectivity index (χ2n) is 3.63. The summed E-state index contributed by atoms with van der Waals surface area (Å²) in [5.74, 6) is 0. The summed E-state index contributed by atoms with van der Waals surface area (Å²) in [6.07, 6.45) is 0. The number of non-ortho nitro benzene ring substituents is 1. The molecule has 0 unspecified atom stereocenters. The molecular formula is C12H8N2O2. The van der Waals surface area contributed by atoms with Crippen molar-refractivity contribution in [1.82, 2.24) is 4.98 Å². The fourth-order valence-electron chi connectivity index (χ4n) is 2.01. The molecule has 0 spiro atoms. The lowest BCUT2D eigenvalue weighted by molar-refractivity contribution is -0.383. The van der Waals surface area contributed by atoms with Gasteiger partial charge in [-0.15, -0.1) is 0 Å². The number of H-pyrrole nitrogens is 1. The van der Waals surface area contributed by atoms with Gasteiger partial charge in [0.25, 0.3) is 5.69 Å². The Kier molecular flexibility index (Phi) is 1.71. The van der Waals surface area contributed by atoms with Gasteiger partial charge in [-0.25, -0.2) is 0 Å². The van der Waals surface area contributed by atoms with Crippen molar-refractivity contribution in [3.05, 3.63) is 52.6 Å². The van der Waals surface area contributed by atoms with E-state index < -0.39 is 0 Å². The molecule has 1 heterocycles. The van der Waals surface area contributed by atoms with E-state index in [0.29, 0.717) is 5.52 Å². The Labute approximate surface area is 90.7 Å². The van der Waals surface area contributed by atoms with Gasteiger partial charge in [0.1, 0.15) is 5.52 Å². The van der Waals surface area contributed by atoms with Crippen LogP contribution >= 0.6 is 0 Å². The van der Waals surface area contributed by atoms with Gasteiger partial charge < -0.3 is 4.98 Å². The van der Waals surface area contributed by atoms with E-state index in [1.165, 1.54) is 6.07 Å². The van der Waals surface area contributed by atoms with Crippen LogP contribution in [0, 0.1) is 10.1 Å². The maximum Gasteiger partial charge on any atom is 0.293 e. The molecular weight excluding hydrogens is 204 g/mol. The molecule has 0 fully saturated rings. The van der Waals surface area contributed by atoms with Gasteiger partial charge in [0, 0.05) is 22.4 Å². The van der Waals surface area contributed by atoms with E-state index in [1.807, 2.05) is 30.3 Å². The van der Waals surface area contributed by atoms with Crippen LogP contribution in [0.2, 0.25) is 0 Å². The molecule has 4 nitrogen and oxygen atoms in total. The van der Waals surface area contributed by atoms with Crippen molar-refractivity contribution in [3.8, 4) is 0 Å². The average molecular weight is 212 g/mol. The summed E-state index contributed by atoms with van der Waals surface area (Å²) < 4.78 is 0. The molecule has 78 valence electrons. The smallest absolute Gasteiger partial charge is 0.293 e. The fraction of sp³-hybridized carbons (Fsp3) is 0. The average Bonchev–Trinajstić information content (AvgIpc) is 2.67. The Bertz CT molecular complexity index is 700. The summed E-state index contributed by atoms with van der Waals surface area (Å²) in [6.45, 7) is 0. The third-order valence-electron chi connectivity index (χ3n) is 2.72. The number of nitro groups is 1. The van der Waals surface area contributed by atoms with Gasteiger partial charge in [-0.2, -0.15) is 0 Å². The van der Waals surface area contributed by atoms with Crippen molar-refractivity contribution in [1.29, 1.82) is 0 Å². The number of aromatic amines is 1. The van der Waals surface area contributed by atoms with Crippen LogP contribution in [0.1, 0.15) is 0 Å². The number of rotatable bonds is 1. The van der Waals surface area contributed by atoms with Crippen molar-refractivity contribution >= 4 is 27.5 Å².